The smallest absolute Gasteiger partial charge is 0.694 e. The first-order chi connectivity index (χ1) is 4.24. The molecule has 0 aromatic heterocycles. The van der Waals surface area contributed by atoms with E-state index in [1.165, 1.54) is 0 Å². The largest absolute Gasteiger partial charge is 3.00 e. The zero-order chi connectivity index (χ0) is 8.12. The first kappa shape index (κ1) is 22.9. The third kappa shape index (κ3) is 449. The summed E-state index contributed by atoms with van der Waals surface area (Å²) >= 11 is 0. The maximum absolute atomic E-state index is 5.96. The average molecular weight is 169 g/mol. The van der Waals surface area contributed by atoms with E-state index in [-0.39, 0.29) is 17.4 Å². The summed E-state index contributed by atoms with van der Waals surface area (Å²) in [5.41, 5.74) is 0. The molecule has 0 aromatic rings. The number of rotatable bonds is 0. The van der Waals surface area contributed by atoms with Gasteiger partial charge in [-0.1, -0.05) is 0 Å². The molecule has 0 aliphatic heterocycles. The summed E-state index contributed by atoms with van der Waals surface area (Å²) in [5, 5.41) is 0. The molecular formula is C9H9Cr. The van der Waals surface area contributed by atoms with E-state index in [0.29, 0.717) is 0 Å². The van der Waals surface area contributed by atoms with Crippen molar-refractivity contribution in [3.63, 3.8) is 0 Å². The van der Waals surface area contributed by atoms with Gasteiger partial charge >= 0.3 is 17.4 Å². The summed E-state index contributed by atoms with van der Waals surface area (Å²) < 4.78 is 0. The Balaban J connectivity index is -0.0000000257. The molecule has 0 aliphatic rings. The van der Waals surface area contributed by atoms with E-state index in [0.717, 1.165) is 0 Å². The van der Waals surface area contributed by atoms with Crippen LogP contribution in [0.3, 0.4) is 0 Å². The van der Waals surface area contributed by atoms with Crippen molar-refractivity contribution >= 4 is 0 Å². The van der Waals surface area contributed by atoms with Crippen LogP contribution in [0.4, 0.5) is 0 Å². The van der Waals surface area contributed by atoms with Crippen LogP contribution in [0.5, 0.6) is 0 Å². The Hall–Kier alpha value is -0.788. The minimum atomic E-state index is 0. The second-order valence-corrected chi connectivity index (χ2v) is 0.750. The Labute approximate surface area is 75.5 Å². The van der Waals surface area contributed by atoms with Crippen LogP contribution in [0.2, 0.25) is 0 Å². The molecular weight excluding hydrogens is 160 g/mol. The number of hydrogen-bond acceptors (Lipinski definition) is 0. The summed E-state index contributed by atoms with van der Waals surface area (Å²) in [6, 6.07) is 0. The Bertz CT molecular complexity index is 97.7. The van der Waals surface area contributed by atoms with E-state index in [1.807, 2.05) is 17.8 Å². The van der Waals surface area contributed by atoms with Crippen molar-refractivity contribution in [2.24, 2.45) is 0 Å². The fourth-order valence-electron chi connectivity index (χ4n) is 0. The summed E-state index contributed by atoms with van der Waals surface area (Å²) in [7, 11) is 0. The molecule has 10 heavy (non-hydrogen) atoms. The van der Waals surface area contributed by atoms with Crippen LogP contribution in [0.1, 0.15) is 20.8 Å². The quantitative estimate of drug-likeness (QED) is 0.383. The van der Waals surface area contributed by atoms with Gasteiger partial charge < -0.3 is 37.0 Å². The first-order valence-corrected chi connectivity index (χ1v) is 2.25. The summed E-state index contributed by atoms with van der Waals surface area (Å²) in [5.74, 6) is 6.00. The maximum Gasteiger partial charge on any atom is 3.00 e. The predicted octanol–water partition coefficient (Wildman–Crippen LogP) is 1.79. The van der Waals surface area contributed by atoms with Crippen molar-refractivity contribution in [2.45, 2.75) is 20.8 Å². The molecule has 0 nitrogen and oxygen atoms in total. The molecule has 51 valence electrons. The molecule has 0 rings (SSSR count). The molecule has 0 spiro atoms. The molecule has 1 radical (unpaired) electrons. The SMILES string of the molecule is [C-]#CC.[C-]#CC.[C-]#CC.[Cr+3]. The van der Waals surface area contributed by atoms with Crippen LogP contribution in [0.25, 0.3) is 0 Å². The second-order valence-electron chi connectivity index (χ2n) is 0.750. The van der Waals surface area contributed by atoms with Crippen LogP contribution in [0.15, 0.2) is 0 Å². The van der Waals surface area contributed by atoms with Gasteiger partial charge in [0.15, 0.2) is 0 Å². The third-order valence-electron chi connectivity index (χ3n) is 0. The van der Waals surface area contributed by atoms with Gasteiger partial charge in [0.2, 0.25) is 0 Å². The molecule has 0 N–H and O–H groups in total. The average Bonchev–Trinajstić information content (AvgIpc) is 1.70. The molecule has 0 unspecified atom stereocenters. The van der Waals surface area contributed by atoms with Crippen LogP contribution >= 0.6 is 0 Å². The predicted molar refractivity (Wildman–Crippen MR) is 38.4 cm³/mol. The molecule has 0 bridgehead atoms. The Kier molecular flexibility index (Phi) is 200. The van der Waals surface area contributed by atoms with Crippen LogP contribution < -0.4 is 0 Å². The van der Waals surface area contributed by atoms with Gasteiger partial charge in [0.05, 0.1) is 0 Å². The van der Waals surface area contributed by atoms with E-state index >= 15 is 0 Å². The van der Waals surface area contributed by atoms with Crippen LogP contribution in [-0.2, 0) is 17.4 Å². The van der Waals surface area contributed by atoms with Gasteiger partial charge in [0.1, 0.15) is 0 Å². The number of hydrogen-bond donors (Lipinski definition) is 0. The monoisotopic (exact) mass is 169 g/mol. The minimum absolute atomic E-state index is 0. The summed E-state index contributed by atoms with van der Waals surface area (Å²) in [6.45, 7) is 4.62. The molecule has 1 heteroatoms. The molecule has 0 aromatic carbocycles. The van der Waals surface area contributed by atoms with Crippen molar-refractivity contribution < 1.29 is 17.4 Å². The first-order valence-electron chi connectivity index (χ1n) is 2.25. The van der Waals surface area contributed by atoms with Crippen LogP contribution in [-0.4, -0.2) is 0 Å². The van der Waals surface area contributed by atoms with Gasteiger partial charge in [-0.25, -0.2) is 0 Å². The van der Waals surface area contributed by atoms with Crippen LogP contribution in [0, 0.1) is 37.0 Å². The Morgan fingerprint density at radius 2 is 0.700 bits per heavy atom. The van der Waals surface area contributed by atoms with Gasteiger partial charge in [-0.2, -0.15) is 0 Å². The zero-order valence-electron chi connectivity index (χ0n) is 6.41. The van der Waals surface area contributed by atoms with E-state index in [1.54, 1.807) is 20.8 Å². The fourth-order valence-corrected chi connectivity index (χ4v) is 0. The van der Waals surface area contributed by atoms with E-state index in [9.17, 15) is 0 Å². The second kappa shape index (κ2) is 87.3. The Morgan fingerprint density at radius 1 is 0.700 bits per heavy atom. The van der Waals surface area contributed by atoms with Crippen molar-refractivity contribution in [3.8, 4) is 17.8 Å². The molecule has 0 heterocycles. The van der Waals surface area contributed by atoms with Gasteiger partial charge in [-0.05, 0) is 20.8 Å². The topological polar surface area (TPSA) is 0 Å². The van der Waals surface area contributed by atoms with Gasteiger partial charge in [-0.3, -0.25) is 0 Å². The van der Waals surface area contributed by atoms with Gasteiger partial charge in [0.25, 0.3) is 0 Å². The summed E-state index contributed by atoms with van der Waals surface area (Å²) in [6.07, 6.45) is 17.9. The molecule has 0 atom stereocenters. The minimum Gasteiger partial charge on any atom is -0.694 e. The summed E-state index contributed by atoms with van der Waals surface area (Å²) in [4.78, 5) is 0. The van der Waals surface area contributed by atoms with Crippen molar-refractivity contribution in [3.05, 3.63) is 19.3 Å². The van der Waals surface area contributed by atoms with Crippen molar-refractivity contribution in [1.82, 2.24) is 0 Å². The molecule has 0 saturated carbocycles. The molecule has 0 fully saturated rings. The normalized spacial score (nSPS) is 2.40. The van der Waals surface area contributed by atoms with Crippen molar-refractivity contribution in [1.29, 1.82) is 0 Å². The molecule has 0 aliphatic carbocycles. The van der Waals surface area contributed by atoms with E-state index in [4.69, 9.17) is 19.3 Å². The Morgan fingerprint density at radius 3 is 0.700 bits per heavy atom. The van der Waals surface area contributed by atoms with Crippen molar-refractivity contribution in [2.75, 3.05) is 0 Å². The fraction of sp³-hybridized carbons (Fsp3) is 0.333. The van der Waals surface area contributed by atoms with Gasteiger partial charge in [0, 0.05) is 0 Å². The third-order valence-corrected chi connectivity index (χ3v) is 0. The van der Waals surface area contributed by atoms with Gasteiger partial charge in [-0.15, -0.1) is 0 Å². The van der Waals surface area contributed by atoms with E-state index in [2.05, 4.69) is 0 Å². The van der Waals surface area contributed by atoms with E-state index < -0.39 is 0 Å². The molecule has 0 saturated heterocycles. The maximum atomic E-state index is 5.96. The molecule has 0 amide bonds. The standard InChI is InChI=1S/3C3H3.Cr/c3*1-3-2;/h3*1H3;/q3*-1;+3. The zero-order valence-corrected chi connectivity index (χ0v) is 7.68.